The maximum absolute atomic E-state index is 11.6. The molecule has 0 bridgehead atoms. The van der Waals surface area contributed by atoms with Gasteiger partial charge < -0.3 is 10.5 Å². The lowest BCUT2D eigenvalue weighted by atomic mass is 10.1. The Morgan fingerprint density at radius 1 is 1.44 bits per heavy atom. The van der Waals surface area contributed by atoms with Crippen LogP contribution in [0.5, 0.6) is 5.75 Å². The third-order valence-corrected chi connectivity index (χ3v) is 2.44. The largest absolute Gasteiger partial charge is 0.425 e. The molecule has 0 spiro atoms. The fraction of sp³-hybridized carbons (Fsp3) is 0.417. The van der Waals surface area contributed by atoms with Crippen molar-refractivity contribution in [3.63, 3.8) is 0 Å². The van der Waals surface area contributed by atoms with Crippen molar-refractivity contribution in [1.29, 1.82) is 0 Å². The number of hydrogen-bond acceptors (Lipinski definition) is 5. The van der Waals surface area contributed by atoms with E-state index in [0.29, 0.717) is 6.42 Å². The number of carbonyl (C=O) groups is 1. The van der Waals surface area contributed by atoms with E-state index < -0.39 is 16.9 Å². The zero-order chi connectivity index (χ0) is 13.5. The summed E-state index contributed by atoms with van der Waals surface area (Å²) in [6.45, 7) is 2.01. The molecule has 0 fully saturated rings. The fourth-order valence-electron chi connectivity index (χ4n) is 1.37. The van der Waals surface area contributed by atoms with E-state index in [1.165, 1.54) is 24.3 Å². The number of rotatable bonds is 6. The molecule has 0 amide bonds. The number of non-ortho nitro benzene ring substituents is 1. The van der Waals surface area contributed by atoms with E-state index in [-0.39, 0.29) is 11.4 Å². The lowest BCUT2D eigenvalue weighted by Crippen LogP contribution is -2.34. The van der Waals surface area contributed by atoms with E-state index in [1.807, 2.05) is 6.92 Å². The van der Waals surface area contributed by atoms with Gasteiger partial charge >= 0.3 is 5.97 Å². The minimum absolute atomic E-state index is 0.0509. The van der Waals surface area contributed by atoms with E-state index in [4.69, 9.17) is 10.5 Å². The average Bonchev–Trinajstić information content (AvgIpc) is 2.36. The normalized spacial score (nSPS) is 11.9. The van der Waals surface area contributed by atoms with Crippen LogP contribution in [0.2, 0.25) is 0 Å². The van der Waals surface area contributed by atoms with Gasteiger partial charge in [0.15, 0.2) is 0 Å². The second-order valence-corrected chi connectivity index (χ2v) is 3.92. The highest BCUT2D eigenvalue weighted by Gasteiger charge is 2.15. The molecule has 0 heterocycles. The Balaban J connectivity index is 2.56. The molecule has 0 aromatic heterocycles. The van der Waals surface area contributed by atoms with Crippen molar-refractivity contribution in [1.82, 2.24) is 0 Å². The van der Waals surface area contributed by atoms with Gasteiger partial charge in [0.05, 0.1) is 4.92 Å². The minimum Gasteiger partial charge on any atom is -0.425 e. The number of carbonyl (C=O) groups excluding carboxylic acids is 1. The van der Waals surface area contributed by atoms with Crippen LogP contribution in [-0.4, -0.2) is 16.9 Å². The molecule has 1 atom stereocenters. The minimum atomic E-state index is -0.653. The van der Waals surface area contributed by atoms with Crippen LogP contribution < -0.4 is 10.5 Å². The molecule has 0 aliphatic rings. The number of ether oxygens (including phenoxy) is 1. The van der Waals surface area contributed by atoms with Crippen molar-refractivity contribution in [3.05, 3.63) is 34.4 Å². The van der Waals surface area contributed by atoms with Crippen LogP contribution in [0.1, 0.15) is 26.2 Å². The van der Waals surface area contributed by atoms with E-state index in [0.717, 1.165) is 12.8 Å². The molecule has 6 nitrogen and oxygen atoms in total. The Labute approximate surface area is 105 Å². The number of nitrogens with zero attached hydrogens (tertiary/aromatic N) is 1. The number of hydrogen-bond donors (Lipinski definition) is 1. The summed E-state index contributed by atoms with van der Waals surface area (Å²) >= 11 is 0. The highest BCUT2D eigenvalue weighted by molar-refractivity contribution is 5.77. The Kier molecular flexibility index (Phi) is 5.26. The molecule has 1 aromatic carbocycles. The van der Waals surface area contributed by atoms with Gasteiger partial charge in [0.1, 0.15) is 11.8 Å². The average molecular weight is 252 g/mol. The summed E-state index contributed by atoms with van der Waals surface area (Å²) in [6.07, 6.45) is 2.39. The van der Waals surface area contributed by atoms with Crippen molar-refractivity contribution in [3.8, 4) is 5.75 Å². The first kappa shape index (κ1) is 14.1. The Morgan fingerprint density at radius 3 is 2.56 bits per heavy atom. The fourth-order valence-corrected chi connectivity index (χ4v) is 1.37. The zero-order valence-electron chi connectivity index (χ0n) is 10.2. The van der Waals surface area contributed by atoms with Crippen LogP contribution in [0.25, 0.3) is 0 Å². The number of nitro groups is 1. The molecular formula is C12H16N2O4. The molecule has 98 valence electrons. The Morgan fingerprint density at radius 2 is 2.06 bits per heavy atom. The summed E-state index contributed by atoms with van der Waals surface area (Å²) in [4.78, 5) is 21.5. The highest BCUT2D eigenvalue weighted by atomic mass is 16.6. The lowest BCUT2D eigenvalue weighted by molar-refractivity contribution is -0.384. The van der Waals surface area contributed by atoms with Gasteiger partial charge in [0.25, 0.3) is 5.69 Å². The molecular weight excluding hydrogens is 236 g/mol. The number of nitro benzene ring substituents is 1. The lowest BCUT2D eigenvalue weighted by Gasteiger charge is -2.10. The van der Waals surface area contributed by atoms with E-state index in [9.17, 15) is 14.9 Å². The van der Waals surface area contributed by atoms with E-state index in [2.05, 4.69) is 0 Å². The smallest absolute Gasteiger partial charge is 0.328 e. The summed E-state index contributed by atoms with van der Waals surface area (Å²) in [7, 11) is 0. The van der Waals surface area contributed by atoms with Gasteiger partial charge in [-0.25, -0.2) is 4.79 Å². The third-order valence-electron chi connectivity index (χ3n) is 2.44. The second kappa shape index (κ2) is 6.70. The Bertz CT molecular complexity index is 417. The summed E-state index contributed by atoms with van der Waals surface area (Å²) in [5.74, 6) is -0.255. The van der Waals surface area contributed by atoms with Crippen molar-refractivity contribution in [2.24, 2.45) is 5.73 Å². The number of benzene rings is 1. The van der Waals surface area contributed by atoms with Crippen LogP contribution in [0, 0.1) is 10.1 Å². The molecule has 0 saturated carbocycles. The monoisotopic (exact) mass is 252 g/mol. The van der Waals surface area contributed by atoms with Crippen LogP contribution in [0.15, 0.2) is 24.3 Å². The van der Waals surface area contributed by atoms with Crippen molar-refractivity contribution >= 4 is 11.7 Å². The summed E-state index contributed by atoms with van der Waals surface area (Å²) in [5.41, 5.74) is 5.60. The van der Waals surface area contributed by atoms with Crippen molar-refractivity contribution in [2.45, 2.75) is 32.2 Å². The first-order chi connectivity index (χ1) is 8.54. The van der Waals surface area contributed by atoms with Gasteiger partial charge in [-0.1, -0.05) is 19.8 Å². The van der Waals surface area contributed by atoms with Crippen LogP contribution >= 0.6 is 0 Å². The van der Waals surface area contributed by atoms with Crippen molar-refractivity contribution < 1.29 is 14.5 Å². The van der Waals surface area contributed by atoms with Crippen molar-refractivity contribution in [2.75, 3.05) is 0 Å². The molecule has 6 heteroatoms. The molecule has 0 radical (unpaired) electrons. The first-order valence-corrected chi connectivity index (χ1v) is 5.76. The Hall–Kier alpha value is -1.95. The topological polar surface area (TPSA) is 95.5 Å². The molecule has 1 rings (SSSR count). The van der Waals surface area contributed by atoms with Gasteiger partial charge in [-0.2, -0.15) is 0 Å². The second-order valence-electron chi connectivity index (χ2n) is 3.92. The summed E-state index contributed by atoms with van der Waals surface area (Å²) < 4.78 is 5.02. The predicted molar refractivity (Wildman–Crippen MR) is 66.2 cm³/mol. The van der Waals surface area contributed by atoms with Crippen LogP contribution in [-0.2, 0) is 4.79 Å². The van der Waals surface area contributed by atoms with Crippen LogP contribution in [0.4, 0.5) is 5.69 Å². The van der Waals surface area contributed by atoms with Gasteiger partial charge in [-0.15, -0.1) is 0 Å². The van der Waals surface area contributed by atoms with Gasteiger partial charge in [0.2, 0.25) is 0 Å². The molecule has 2 N–H and O–H groups in total. The standard InChI is InChI=1S/C12H16N2O4/c1-2-3-4-11(13)12(15)18-10-7-5-9(6-8-10)14(16)17/h5-8,11H,2-4,13H2,1H3/t11-/m1/s1. The van der Waals surface area contributed by atoms with Gasteiger partial charge in [-0.05, 0) is 18.6 Å². The van der Waals surface area contributed by atoms with E-state index in [1.54, 1.807) is 0 Å². The third kappa shape index (κ3) is 4.14. The quantitative estimate of drug-likeness (QED) is 0.361. The first-order valence-electron chi connectivity index (χ1n) is 5.76. The number of nitrogens with two attached hydrogens (primary N) is 1. The maximum Gasteiger partial charge on any atom is 0.328 e. The molecule has 0 unspecified atom stereocenters. The zero-order valence-corrected chi connectivity index (χ0v) is 10.2. The molecule has 0 aliphatic carbocycles. The number of unbranched alkanes of at least 4 members (excludes halogenated alkanes) is 1. The highest BCUT2D eigenvalue weighted by Crippen LogP contribution is 2.17. The summed E-state index contributed by atoms with van der Waals surface area (Å²) in [5, 5.41) is 10.4. The van der Waals surface area contributed by atoms with Gasteiger partial charge in [-0.3, -0.25) is 10.1 Å². The molecule has 1 aromatic rings. The van der Waals surface area contributed by atoms with E-state index >= 15 is 0 Å². The molecule has 18 heavy (non-hydrogen) atoms. The van der Waals surface area contributed by atoms with Gasteiger partial charge in [0, 0.05) is 12.1 Å². The maximum atomic E-state index is 11.6. The summed E-state index contributed by atoms with van der Waals surface area (Å²) in [6, 6.07) is 4.66. The molecule has 0 saturated heterocycles. The SMILES string of the molecule is CCCC[C@@H](N)C(=O)Oc1ccc([N+](=O)[O-])cc1. The predicted octanol–water partition coefficient (Wildman–Crippen LogP) is 2.02. The molecule has 0 aliphatic heterocycles. The van der Waals surface area contributed by atoms with Crippen LogP contribution in [0.3, 0.4) is 0 Å². The number of esters is 1.